The van der Waals surface area contributed by atoms with Crippen LogP contribution in [0.1, 0.15) is 21.5 Å². The monoisotopic (exact) mass is 325 g/mol. The summed E-state index contributed by atoms with van der Waals surface area (Å²) in [5.41, 5.74) is 8.54. The third kappa shape index (κ3) is 3.36. The number of hydrogen-bond acceptors (Lipinski definition) is 5. The Morgan fingerprint density at radius 2 is 2.29 bits per heavy atom. The van der Waals surface area contributed by atoms with Crippen LogP contribution in [0.4, 0.5) is 0 Å². The number of benzene rings is 1. The van der Waals surface area contributed by atoms with Gasteiger partial charge in [0.25, 0.3) is 5.91 Å². The number of rotatable bonds is 6. The largest absolute Gasteiger partial charge is 0.492 e. The van der Waals surface area contributed by atoms with Crippen molar-refractivity contribution in [2.75, 3.05) is 13.2 Å². The first-order valence-electron chi connectivity index (χ1n) is 7.68. The molecule has 3 aromatic rings. The number of carbonyl (C=O) groups excluding carboxylic acids is 1. The maximum Gasteiger partial charge on any atom is 0.251 e. The maximum absolute atomic E-state index is 12.4. The average molecular weight is 325 g/mol. The molecular weight excluding hydrogens is 306 g/mol. The Morgan fingerprint density at radius 1 is 1.42 bits per heavy atom. The van der Waals surface area contributed by atoms with Crippen molar-refractivity contribution < 1.29 is 9.53 Å². The van der Waals surface area contributed by atoms with E-state index in [1.807, 2.05) is 19.2 Å². The van der Waals surface area contributed by atoms with Crippen LogP contribution in [0.2, 0.25) is 0 Å². The minimum absolute atomic E-state index is 0.178. The molecule has 24 heavy (non-hydrogen) atoms. The predicted octanol–water partition coefficient (Wildman–Crippen LogP) is 1.31. The van der Waals surface area contributed by atoms with Crippen molar-refractivity contribution in [1.82, 2.24) is 19.9 Å². The Morgan fingerprint density at radius 3 is 3.12 bits per heavy atom. The van der Waals surface area contributed by atoms with Gasteiger partial charge in [0.15, 0.2) is 5.65 Å². The second-order valence-electron chi connectivity index (χ2n) is 5.36. The fourth-order valence-electron chi connectivity index (χ4n) is 2.34. The number of nitrogens with two attached hydrogens (primary N) is 1. The summed E-state index contributed by atoms with van der Waals surface area (Å²) in [6.07, 6.45) is 5.21. The van der Waals surface area contributed by atoms with Gasteiger partial charge in [-0.25, -0.2) is 9.50 Å². The quantitative estimate of drug-likeness (QED) is 0.712. The van der Waals surface area contributed by atoms with Gasteiger partial charge in [0.05, 0.1) is 6.20 Å². The summed E-state index contributed by atoms with van der Waals surface area (Å²) < 4.78 is 7.23. The highest BCUT2D eigenvalue weighted by Gasteiger charge is 2.11. The highest BCUT2D eigenvalue weighted by molar-refractivity contribution is 5.94. The second-order valence-corrected chi connectivity index (χ2v) is 5.36. The smallest absolute Gasteiger partial charge is 0.251 e. The first-order chi connectivity index (χ1) is 11.7. The Bertz CT molecular complexity index is 859. The van der Waals surface area contributed by atoms with Gasteiger partial charge in [0, 0.05) is 36.6 Å². The SMILES string of the molecule is Cc1ccc(C(=O)NCc2cnn3cccnc23)cc1OCCN. The molecule has 0 saturated carbocycles. The normalized spacial score (nSPS) is 10.8. The molecule has 0 bridgehead atoms. The standard InChI is InChI=1S/C17H19N5O2/c1-12-3-4-13(9-15(12)24-8-5-18)17(23)20-10-14-11-21-22-7-2-6-19-16(14)22/h2-4,6-7,9,11H,5,8,10,18H2,1H3,(H,20,23). The third-order valence-corrected chi connectivity index (χ3v) is 3.62. The zero-order valence-corrected chi connectivity index (χ0v) is 13.4. The van der Waals surface area contributed by atoms with E-state index in [1.54, 1.807) is 35.1 Å². The number of hydrogen-bond donors (Lipinski definition) is 2. The van der Waals surface area contributed by atoms with Crippen LogP contribution in [0.15, 0.2) is 42.9 Å². The van der Waals surface area contributed by atoms with Crippen LogP contribution in [0, 0.1) is 6.92 Å². The summed E-state index contributed by atoms with van der Waals surface area (Å²) in [4.78, 5) is 16.6. The van der Waals surface area contributed by atoms with Gasteiger partial charge >= 0.3 is 0 Å². The van der Waals surface area contributed by atoms with E-state index in [9.17, 15) is 4.79 Å². The maximum atomic E-state index is 12.4. The number of nitrogens with zero attached hydrogens (tertiary/aromatic N) is 3. The van der Waals surface area contributed by atoms with E-state index in [1.165, 1.54) is 0 Å². The molecule has 0 saturated heterocycles. The van der Waals surface area contributed by atoms with E-state index in [-0.39, 0.29) is 5.91 Å². The van der Waals surface area contributed by atoms with Crippen molar-refractivity contribution in [2.24, 2.45) is 5.73 Å². The van der Waals surface area contributed by atoms with Crippen LogP contribution < -0.4 is 15.8 Å². The molecule has 0 radical (unpaired) electrons. The molecule has 0 aliphatic heterocycles. The van der Waals surface area contributed by atoms with Gasteiger partial charge in [-0.05, 0) is 30.7 Å². The summed E-state index contributed by atoms with van der Waals surface area (Å²) in [5, 5.41) is 7.08. The molecule has 0 aliphatic rings. The van der Waals surface area contributed by atoms with Crippen molar-refractivity contribution in [1.29, 1.82) is 0 Å². The van der Waals surface area contributed by atoms with E-state index in [4.69, 9.17) is 10.5 Å². The molecule has 7 heteroatoms. The molecule has 124 valence electrons. The van der Waals surface area contributed by atoms with Gasteiger partial charge in [-0.2, -0.15) is 5.10 Å². The fourth-order valence-corrected chi connectivity index (χ4v) is 2.34. The van der Waals surface area contributed by atoms with Crippen LogP contribution in [-0.4, -0.2) is 33.7 Å². The predicted molar refractivity (Wildman–Crippen MR) is 89.9 cm³/mol. The van der Waals surface area contributed by atoms with Crippen LogP contribution in [-0.2, 0) is 6.54 Å². The zero-order valence-electron chi connectivity index (χ0n) is 13.4. The molecule has 7 nitrogen and oxygen atoms in total. The first kappa shape index (κ1) is 15.9. The third-order valence-electron chi connectivity index (χ3n) is 3.62. The minimum Gasteiger partial charge on any atom is -0.492 e. The minimum atomic E-state index is -0.178. The Hall–Kier alpha value is -2.93. The van der Waals surface area contributed by atoms with Gasteiger partial charge in [-0.3, -0.25) is 4.79 Å². The molecule has 2 heterocycles. The van der Waals surface area contributed by atoms with E-state index in [0.29, 0.717) is 31.0 Å². The van der Waals surface area contributed by atoms with E-state index in [0.717, 1.165) is 16.8 Å². The van der Waals surface area contributed by atoms with E-state index < -0.39 is 0 Å². The fraction of sp³-hybridized carbons (Fsp3) is 0.235. The average Bonchev–Trinajstić information content (AvgIpc) is 3.02. The van der Waals surface area contributed by atoms with Gasteiger partial charge in [-0.1, -0.05) is 6.07 Å². The second kappa shape index (κ2) is 7.10. The summed E-state index contributed by atoms with van der Waals surface area (Å²) in [5.74, 6) is 0.494. The van der Waals surface area contributed by atoms with Crippen molar-refractivity contribution in [3.63, 3.8) is 0 Å². The topological polar surface area (TPSA) is 94.5 Å². The number of fused-ring (bicyclic) bond motifs is 1. The van der Waals surface area contributed by atoms with Gasteiger partial charge < -0.3 is 15.8 Å². The van der Waals surface area contributed by atoms with Crippen molar-refractivity contribution in [2.45, 2.75) is 13.5 Å². The van der Waals surface area contributed by atoms with Gasteiger partial charge in [0.2, 0.25) is 0 Å². The lowest BCUT2D eigenvalue weighted by molar-refractivity contribution is 0.0950. The lowest BCUT2D eigenvalue weighted by atomic mass is 10.1. The van der Waals surface area contributed by atoms with Crippen LogP contribution in [0.25, 0.3) is 5.65 Å². The lowest BCUT2D eigenvalue weighted by Crippen LogP contribution is -2.23. The number of nitrogens with one attached hydrogen (secondary N) is 1. The highest BCUT2D eigenvalue weighted by Crippen LogP contribution is 2.19. The molecule has 0 atom stereocenters. The molecule has 3 rings (SSSR count). The zero-order chi connectivity index (χ0) is 16.9. The van der Waals surface area contributed by atoms with E-state index in [2.05, 4.69) is 15.4 Å². The van der Waals surface area contributed by atoms with E-state index >= 15 is 0 Å². The first-order valence-corrected chi connectivity index (χ1v) is 7.68. The highest BCUT2D eigenvalue weighted by atomic mass is 16.5. The van der Waals surface area contributed by atoms with Gasteiger partial charge in [0.1, 0.15) is 12.4 Å². The number of aromatic nitrogens is 3. The summed E-state index contributed by atoms with van der Waals surface area (Å²) in [6, 6.07) is 7.16. The van der Waals surface area contributed by atoms with Crippen LogP contribution in [0.3, 0.4) is 0 Å². The van der Waals surface area contributed by atoms with Crippen LogP contribution in [0.5, 0.6) is 5.75 Å². The number of amides is 1. The van der Waals surface area contributed by atoms with Crippen molar-refractivity contribution >= 4 is 11.6 Å². The molecule has 0 unspecified atom stereocenters. The van der Waals surface area contributed by atoms with Crippen molar-refractivity contribution in [3.8, 4) is 5.75 Å². The van der Waals surface area contributed by atoms with Gasteiger partial charge in [-0.15, -0.1) is 0 Å². The number of ether oxygens (including phenoxy) is 1. The Labute approximate surface area is 139 Å². The molecular formula is C17H19N5O2. The van der Waals surface area contributed by atoms with Crippen LogP contribution >= 0.6 is 0 Å². The molecule has 0 spiro atoms. The Kier molecular flexibility index (Phi) is 4.72. The molecule has 3 N–H and O–H groups in total. The molecule has 1 aromatic carbocycles. The van der Waals surface area contributed by atoms with Crippen molar-refractivity contribution in [3.05, 3.63) is 59.5 Å². The number of aryl methyl sites for hydroxylation is 1. The molecule has 1 amide bonds. The summed E-state index contributed by atoms with van der Waals surface area (Å²) in [7, 11) is 0. The summed E-state index contributed by atoms with van der Waals surface area (Å²) in [6.45, 7) is 3.13. The lowest BCUT2D eigenvalue weighted by Gasteiger charge is -2.10. The Balaban J connectivity index is 1.71. The molecule has 0 aliphatic carbocycles. The molecule has 2 aromatic heterocycles. The molecule has 0 fully saturated rings. The number of carbonyl (C=O) groups is 1. The summed E-state index contributed by atoms with van der Waals surface area (Å²) >= 11 is 0.